The smallest absolute Gasteiger partial charge is 0.212 e. The second-order valence-electron chi connectivity index (χ2n) is 5.05. The van der Waals surface area contributed by atoms with Crippen molar-refractivity contribution < 1.29 is 13.9 Å². The van der Waals surface area contributed by atoms with Gasteiger partial charge in [-0.25, -0.2) is 4.98 Å². The van der Waals surface area contributed by atoms with Gasteiger partial charge in [-0.15, -0.1) is 24.0 Å². The Kier molecular flexibility index (Phi) is 10.6. The number of ether oxygens (including phenoxy) is 2. The molecule has 2 aromatic heterocycles. The van der Waals surface area contributed by atoms with Gasteiger partial charge in [0.05, 0.1) is 13.4 Å². The third-order valence-corrected chi connectivity index (χ3v) is 3.27. The highest BCUT2D eigenvalue weighted by Gasteiger charge is 2.00. The van der Waals surface area contributed by atoms with E-state index in [1.165, 1.54) is 0 Å². The zero-order valence-electron chi connectivity index (χ0n) is 14.5. The van der Waals surface area contributed by atoms with Crippen molar-refractivity contribution in [3.63, 3.8) is 0 Å². The first-order valence-electron chi connectivity index (χ1n) is 7.85. The van der Waals surface area contributed by atoms with Crippen LogP contribution in [0.15, 0.2) is 46.1 Å². The molecule has 0 aliphatic carbocycles. The number of aliphatic imine (C=N–C) groups is 1. The molecule has 2 rings (SSSR count). The molecule has 2 heterocycles. The second kappa shape index (κ2) is 12.5. The van der Waals surface area contributed by atoms with Crippen LogP contribution in [0.1, 0.15) is 17.7 Å². The maximum Gasteiger partial charge on any atom is 0.212 e. The fourth-order valence-electron chi connectivity index (χ4n) is 1.99. The number of guanidine groups is 1. The Morgan fingerprint density at radius 2 is 2.16 bits per heavy atom. The third kappa shape index (κ3) is 8.21. The maximum absolute atomic E-state index is 5.53. The normalized spacial score (nSPS) is 10.9. The molecule has 0 spiro atoms. The summed E-state index contributed by atoms with van der Waals surface area (Å²) in [5, 5.41) is 6.48. The number of nitrogens with one attached hydrogen (secondary N) is 2. The van der Waals surface area contributed by atoms with Crippen LogP contribution in [0.2, 0.25) is 0 Å². The lowest BCUT2D eigenvalue weighted by Crippen LogP contribution is -2.37. The van der Waals surface area contributed by atoms with E-state index in [9.17, 15) is 0 Å². The van der Waals surface area contributed by atoms with Crippen LogP contribution < -0.4 is 15.4 Å². The first-order valence-corrected chi connectivity index (χ1v) is 7.85. The number of hydrogen-bond donors (Lipinski definition) is 2. The molecule has 0 bridgehead atoms. The SMILES string of the molecule is CN=C(NCCCOCc1ccco1)NCc1ccc(OC)nc1.I. The molecule has 0 saturated carbocycles. The highest BCUT2D eigenvalue weighted by Crippen LogP contribution is 2.06. The minimum absolute atomic E-state index is 0. The molecule has 8 heteroatoms. The van der Waals surface area contributed by atoms with Gasteiger partial charge in [-0.1, -0.05) is 6.07 Å². The summed E-state index contributed by atoms with van der Waals surface area (Å²) in [6.45, 7) is 2.59. The Morgan fingerprint density at radius 1 is 1.28 bits per heavy atom. The number of pyridine rings is 1. The van der Waals surface area contributed by atoms with Gasteiger partial charge >= 0.3 is 0 Å². The van der Waals surface area contributed by atoms with Crippen molar-refractivity contribution in [1.82, 2.24) is 15.6 Å². The lowest BCUT2D eigenvalue weighted by Gasteiger charge is -2.12. The molecule has 7 nitrogen and oxygen atoms in total. The topological polar surface area (TPSA) is 80.9 Å². The Bertz CT molecular complexity index is 603. The molecule has 138 valence electrons. The van der Waals surface area contributed by atoms with Crippen molar-refractivity contribution in [2.45, 2.75) is 19.6 Å². The lowest BCUT2D eigenvalue weighted by molar-refractivity contribution is 0.105. The summed E-state index contributed by atoms with van der Waals surface area (Å²) in [7, 11) is 3.35. The molecule has 0 aliphatic heterocycles. The van der Waals surface area contributed by atoms with E-state index in [2.05, 4.69) is 20.6 Å². The van der Waals surface area contributed by atoms with Crippen LogP contribution >= 0.6 is 24.0 Å². The molecule has 0 amide bonds. The van der Waals surface area contributed by atoms with Crippen molar-refractivity contribution in [3.05, 3.63) is 48.0 Å². The summed E-state index contributed by atoms with van der Waals surface area (Å²) in [5.74, 6) is 2.20. The molecule has 0 unspecified atom stereocenters. The summed E-state index contributed by atoms with van der Waals surface area (Å²) in [4.78, 5) is 8.36. The predicted octanol–water partition coefficient (Wildman–Crippen LogP) is 2.57. The van der Waals surface area contributed by atoms with E-state index in [4.69, 9.17) is 13.9 Å². The maximum atomic E-state index is 5.53. The van der Waals surface area contributed by atoms with E-state index in [0.29, 0.717) is 25.6 Å². The molecule has 0 atom stereocenters. The van der Waals surface area contributed by atoms with Gasteiger partial charge in [0, 0.05) is 39.0 Å². The van der Waals surface area contributed by atoms with Gasteiger partial charge in [0.25, 0.3) is 0 Å². The number of nitrogens with zero attached hydrogens (tertiary/aromatic N) is 2. The van der Waals surface area contributed by atoms with E-state index in [-0.39, 0.29) is 24.0 Å². The summed E-state index contributed by atoms with van der Waals surface area (Å²) in [5.41, 5.74) is 1.06. The van der Waals surface area contributed by atoms with Crippen molar-refractivity contribution in [2.75, 3.05) is 27.3 Å². The van der Waals surface area contributed by atoms with E-state index in [1.807, 2.05) is 24.3 Å². The van der Waals surface area contributed by atoms with Crippen LogP contribution in [0.4, 0.5) is 0 Å². The molecule has 0 fully saturated rings. The minimum Gasteiger partial charge on any atom is -0.481 e. The Labute approximate surface area is 165 Å². The third-order valence-electron chi connectivity index (χ3n) is 3.27. The van der Waals surface area contributed by atoms with E-state index in [1.54, 1.807) is 26.6 Å². The summed E-state index contributed by atoms with van der Waals surface area (Å²) in [6, 6.07) is 7.56. The van der Waals surface area contributed by atoms with E-state index < -0.39 is 0 Å². The van der Waals surface area contributed by atoms with Gasteiger partial charge in [0.1, 0.15) is 12.4 Å². The zero-order chi connectivity index (χ0) is 17.0. The second-order valence-corrected chi connectivity index (χ2v) is 5.05. The fraction of sp³-hybridized carbons (Fsp3) is 0.412. The molecule has 25 heavy (non-hydrogen) atoms. The number of rotatable bonds is 9. The molecule has 2 aromatic rings. The van der Waals surface area contributed by atoms with Gasteiger partial charge in [-0.2, -0.15) is 0 Å². The van der Waals surface area contributed by atoms with Crippen LogP contribution in [0, 0.1) is 0 Å². The van der Waals surface area contributed by atoms with Gasteiger partial charge in [-0.05, 0) is 24.1 Å². The highest BCUT2D eigenvalue weighted by molar-refractivity contribution is 14.0. The van der Waals surface area contributed by atoms with Crippen LogP contribution in [0.25, 0.3) is 0 Å². The largest absolute Gasteiger partial charge is 0.481 e. The predicted molar refractivity (Wildman–Crippen MR) is 107 cm³/mol. The molecule has 0 aromatic carbocycles. The fourth-order valence-corrected chi connectivity index (χ4v) is 1.99. The zero-order valence-corrected chi connectivity index (χ0v) is 16.9. The lowest BCUT2D eigenvalue weighted by atomic mass is 10.3. The van der Waals surface area contributed by atoms with Crippen molar-refractivity contribution in [3.8, 4) is 5.88 Å². The summed E-state index contributed by atoms with van der Waals surface area (Å²) < 4.78 is 15.8. The highest BCUT2D eigenvalue weighted by atomic mass is 127. The Balaban J connectivity index is 0.00000312. The molecule has 0 aliphatic rings. The molecular formula is C17H25IN4O3. The van der Waals surface area contributed by atoms with Crippen molar-refractivity contribution in [2.24, 2.45) is 4.99 Å². The Hall–Kier alpha value is -1.81. The number of aromatic nitrogens is 1. The van der Waals surface area contributed by atoms with Gasteiger partial charge in [0.15, 0.2) is 5.96 Å². The minimum atomic E-state index is 0. The number of hydrogen-bond acceptors (Lipinski definition) is 5. The van der Waals surface area contributed by atoms with Crippen LogP contribution in [0.3, 0.4) is 0 Å². The average molecular weight is 460 g/mol. The number of methoxy groups -OCH3 is 1. The van der Waals surface area contributed by atoms with Crippen LogP contribution in [0.5, 0.6) is 5.88 Å². The molecular weight excluding hydrogens is 435 g/mol. The average Bonchev–Trinajstić information content (AvgIpc) is 3.14. The summed E-state index contributed by atoms with van der Waals surface area (Å²) in [6.07, 6.45) is 4.31. The van der Waals surface area contributed by atoms with E-state index >= 15 is 0 Å². The molecule has 2 N–H and O–H groups in total. The first kappa shape index (κ1) is 21.2. The monoisotopic (exact) mass is 460 g/mol. The molecule has 0 radical (unpaired) electrons. The quantitative estimate of drug-likeness (QED) is 0.259. The van der Waals surface area contributed by atoms with Crippen molar-refractivity contribution in [1.29, 1.82) is 0 Å². The Morgan fingerprint density at radius 3 is 2.80 bits per heavy atom. The van der Waals surface area contributed by atoms with E-state index in [0.717, 1.165) is 30.2 Å². The summed E-state index contributed by atoms with van der Waals surface area (Å²) >= 11 is 0. The van der Waals surface area contributed by atoms with Gasteiger partial charge in [0.2, 0.25) is 5.88 Å². The van der Waals surface area contributed by atoms with Crippen LogP contribution in [-0.2, 0) is 17.9 Å². The first-order chi connectivity index (χ1) is 11.8. The number of furan rings is 1. The van der Waals surface area contributed by atoms with Crippen molar-refractivity contribution >= 4 is 29.9 Å². The van der Waals surface area contributed by atoms with Gasteiger partial charge in [-0.3, -0.25) is 4.99 Å². The standard InChI is InChI=1S/C17H24N4O3.HI/c1-18-17(21-12-14-6-7-16(22-2)20-11-14)19-8-4-9-23-13-15-5-3-10-24-15;/h3,5-7,10-11H,4,8-9,12-13H2,1-2H3,(H2,18,19,21);1H. The number of halogens is 1. The van der Waals surface area contributed by atoms with Gasteiger partial charge < -0.3 is 24.5 Å². The molecule has 0 saturated heterocycles. The van der Waals surface area contributed by atoms with Crippen LogP contribution in [-0.4, -0.2) is 38.3 Å².